The van der Waals surface area contributed by atoms with Crippen molar-refractivity contribution in [1.82, 2.24) is 19.7 Å². The molecule has 1 N–H and O–H groups in total. The third-order valence-electron chi connectivity index (χ3n) is 6.52. The number of thioether (sulfide) groups is 1. The number of pyridine rings is 1. The van der Waals surface area contributed by atoms with Crippen molar-refractivity contribution in [3.63, 3.8) is 0 Å². The smallest absolute Gasteiger partial charge is 0.123 e. The van der Waals surface area contributed by atoms with Crippen molar-refractivity contribution in [2.24, 2.45) is 0 Å². The molecule has 0 aliphatic carbocycles. The predicted molar refractivity (Wildman–Crippen MR) is 151 cm³/mol. The normalized spacial score (nSPS) is 12.3. The Morgan fingerprint density at radius 1 is 1.09 bits per heavy atom. The molecule has 0 aliphatic heterocycles. The summed E-state index contributed by atoms with van der Waals surface area (Å²) < 4.78 is 16.2. The van der Waals surface area contributed by atoms with Crippen molar-refractivity contribution < 1.29 is 4.39 Å². The maximum atomic E-state index is 13.9. The Labute approximate surface area is 211 Å². The minimum atomic E-state index is -0.288. The van der Waals surface area contributed by atoms with E-state index < -0.39 is 0 Å². The molecule has 35 heavy (non-hydrogen) atoms. The predicted octanol–water partition coefficient (Wildman–Crippen LogP) is 7.02. The summed E-state index contributed by atoms with van der Waals surface area (Å²) >= 11 is 1.84. The molecule has 0 saturated heterocycles. The van der Waals surface area contributed by atoms with Crippen LogP contribution in [-0.4, -0.2) is 45.1 Å². The molecule has 4 nitrogen and oxygen atoms in total. The molecule has 3 heterocycles. The van der Waals surface area contributed by atoms with Crippen molar-refractivity contribution >= 4 is 46.9 Å². The van der Waals surface area contributed by atoms with Crippen LogP contribution in [0.15, 0.2) is 54.9 Å². The van der Waals surface area contributed by atoms with E-state index in [9.17, 15) is 4.39 Å². The summed E-state index contributed by atoms with van der Waals surface area (Å²) in [6.45, 7) is 11.2. The molecule has 2 aromatic carbocycles. The number of aryl methyl sites for hydroxylation is 1. The number of fused-ring (bicyclic) bond motifs is 2. The highest BCUT2D eigenvalue weighted by Crippen LogP contribution is 2.45. The first-order valence-electron chi connectivity index (χ1n) is 11.6. The molecule has 0 aliphatic rings. The van der Waals surface area contributed by atoms with Crippen LogP contribution >= 0.6 is 19.7 Å². The van der Waals surface area contributed by atoms with E-state index >= 15 is 0 Å². The molecular formula is C28H30FN4PS. The van der Waals surface area contributed by atoms with Crippen molar-refractivity contribution in [2.75, 3.05) is 25.3 Å². The standard InChI is InChI=1S/C28H30FN4PS/c1-17-11-19(14-30-27(17)34(4)5)25-22-13-23-18(15-31-32-23)12-24(22)33(21-9-7-20(29)8-10-21)26(25)28(2,3)16-35-6/h7-15H,16H2,1-6H3,(H,31,32). The van der Waals surface area contributed by atoms with Gasteiger partial charge in [0, 0.05) is 50.6 Å². The molecule has 7 heteroatoms. The highest BCUT2D eigenvalue weighted by Gasteiger charge is 2.32. The van der Waals surface area contributed by atoms with Crippen LogP contribution in [0.1, 0.15) is 25.1 Å². The third kappa shape index (κ3) is 4.17. The van der Waals surface area contributed by atoms with Gasteiger partial charge < -0.3 is 4.57 Å². The van der Waals surface area contributed by atoms with Gasteiger partial charge in [0.2, 0.25) is 0 Å². The van der Waals surface area contributed by atoms with E-state index in [1.54, 1.807) is 0 Å². The van der Waals surface area contributed by atoms with Gasteiger partial charge in [-0.3, -0.25) is 10.1 Å². The number of benzene rings is 2. The molecule has 0 saturated carbocycles. The molecular weight excluding hydrogens is 474 g/mol. The molecule has 5 aromatic rings. The van der Waals surface area contributed by atoms with E-state index in [1.165, 1.54) is 34.4 Å². The molecule has 0 fully saturated rings. The Bertz CT molecular complexity index is 1530. The van der Waals surface area contributed by atoms with Crippen LogP contribution in [0.2, 0.25) is 0 Å². The fraction of sp³-hybridized carbons (Fsp3) is 0.286. The number of hydrogen-bond donors (Lipinski definition) is 1. The molecule has 0 amide bonds. The second kappa shape index (κ2) is 9.07. The van der Waals surface area contributed by atoms with Gasteiger partial charge in [0.05, 0.1) is 22.7 Å². The van der Waals surface area contributed by atoms with Gasteiger partial charge in [-0.15, -0.1) is 0 Å². The number of H-pyrrole nitrogens is 1. The minimum absolute atomic E-state index is 0.164. The topological polar surface area (TPSA) is 46.5 Å². The fourth-order valence-corrected chi connectivity index (χ4v) is 7.03. The highest BCUT2D eigenvalue weighted by atomic mass is 32.2. The average Bonchev–Trinajstić information content (AvgIpc) is 3.40. The van der Waals surface area contributed by atoms with Gasteiger partial charge in [-0.05, 0) is 74.5 Å². The Hall–Kier alpha value is -2.69. The lowest BCUT2D eigenvalue weighted by Crippen LogP contribution is -2.25. The lowest BCUT2D eigenvalue weighted by molar-refractivity contribution is 0.572. The number of aromatic nitrogens is 4. The Kier molecular flexibility index (Phi) is 6.23. The van der Waals surface area contributed by atoms with Gasteiger partial charge in [0.1, 0.15) is 5.82 Å². The number of nitrogens with one attached hydrogen (secondary N) is 1. The first kappa shape index (κ1) is 24.0. The van der Waals surface area contributed by atoms with Crippen molar-refractivity contribution in [3.8, 4) is 16.8 Å². The largest absolute Gasteiger partial charge is 0.312 e. The van der Waals surface area contributed by atoms with Gasteiger partial charge in [-0.2, -0.15) is 16.9 Å². The maximum absolute atomic E-state index is 13.9. The van der Waals surface area contributed by atoms with E-state index in [4.69, 9.17) is 4.98 Å². The summed E-state index contributed by atoms with van der Waals surface area (Å²) in [5.74, 6) is 0.704. The quantitative estimate of drug-likeness (QED) is 0.253. The first-order valence-corrected chi connectivity index (χ1v) is 15.3. The molecule has 180 valence electrons. The van der Waals surface area contributed by atoms with Crippen molar-refractivity contribution in [1.29, 1.82) is 0 Å². The maximum Gasteiger partial charge on any atom is 0.123 e. The SMILES string of the molecule is CSCC(C)(C)c1c(-c2cnc(P(C)C)c(C)c2)c2cc3[nH]ncc3cc2n1-c1ccc(F)cc1. The molecule has 0 unspecified atom stereocenters. The fourth-order valence-electron chi connectivity index (χ4n) is 5.12. The lowest BCUT2D eigenvalue weighted by atomic mass is 9.86. The zero-order chi connectivity index (χ0) is 24.9. The van der Waals surface area contributed by atoms with Crippen molar-refractivity contribution in [2.45, 2.75) is 26.2 Å². The van der Waals surface area contributed by atoms with Gasteiger partial charge >= 0.3 is 0 Å². The first-order chi connectivity index (χ1) is 16.7. The monoisotopic (exact) mass is 504 g/mol. The summed E-state index contributed by atoms with van der Waals surface area (Å²) in [6.07, 6.45) is 6.03. The second-order valence-corrected chi connectivity index (χ2v) is 13.0. The van der Waals surface area contributed by atoms with Crippen LogP contribution in [0.3, 0.4) is 0 Å². The van der Waals surface area contributed by atoms with Gasteiger partial charge in [0.15, 0.2) is 0 Å². The summed E-state index contributed by atoms with van der Waals surface area (Å²) in [5, 5.41) is 9.59. The number of aromatic amines is 1. The minimum Gasteiger partial charge on any atom is -0.312 e. The number of halogens is 1. The lowest BCUT2D eigenvalue weighted by Gasteiger charge is -2.28. The van der Waals surface area contributed by atoms with E-state index in [0.717, 1.165) is 38.8 Å². The molecule has 0 radical (unpaired) electrons. The zero-order valence-electron chi connectivity index (χ0n) is 21.0. The van der Waals surface area contributed by atoms with Crippen LogP contribution in [0.4, 0.5) is 4.39 Å². The van der Waals surface area contributed by atoms with Gasteiger partial charge in [-0.25, -0.2) is 4.39 Å². The average molecular weight is 505 g/mol. The Morgan fingerprint density at radius 3 is 2.49 bits per heavy atom. The third-order valence-corrected chi connectivity index (χ3v) is 8.85. The van der Waals surface area contributed by atoms with Crippen LogP contribution in [-0.2, 0) is 5.41 Å². The van der Waals surface area contributed by atoms with Gasteiger partial charge in [-0.1, -0.05) is 21.8 Å². The van der Waals surface area contributed by atoms with Gasteiger partial charge in [0.25, 0.3) is 0 Å². The van der Waals surface area contributed by atoms with Crippen LogP contribution in [0, 0.1) is 12.7 Å². The van der Waals surface area contributed by atoms with Crippen LogP contribution in [0.25, 0.3) is 38.6 Å². The summed E-state index contributed by atoms with van der Waals surface area (Å²) in [4.78, 5) is 4.92. The number of nitrogens with zero attached hydrogens (tertiary/aromatic N) is 3. The number of hydrogen-bond acceptors (Lipinski definition) is 3. The van der Waals surface area contributed by atoms with E-state index in [1.807, 2.05) is 36.3 Å². The van der Waals surface area contributed by atoms with Crippen molar-refractivity contribution in [3.05, 3.63) is 71.9 Å². The number of rotatable bonds is 6. The Morgan fingerprint density at radius 2 is 1.83 bits per heavy atom. The Balaban J connectivity index is 1.94. The summed E-state index contributed by atoms with van der Waals surface area (Å²) in [7, 11) is -0.288. The molecule has 5 rings (SSSR count). The summed E-state index contributed by atoms with van der Waals surface area (Å²) in [6, 6.07) is 13.5. The van der Waals surface area contributed by atoms with Crippen LogP contribution < -0.4 is 5.44 Å². The zero-order valence-corrected chi connectivity index (χ0v) is 22.7. The second-order valence-electron chi connectivity index (χ2n) is 9.94. The molecule has 0 atom stereocenters. The molecule has 0 spiro atoms. The highest BCUT2D eigenvalue weighted by molar-refractivity contribution is 7.98. The van der Waals surface area contributed by atoms with Crippen LogP contribution in [0.5, 0.6) is 0 Å². The van der Waals surface area contributed by atoms with E-state index in [0.29, 0.717) is 0 Å². The summed E-state index contributed by atoms with van der Waals surface area (Å²) in [5.41, 5.74) is 8.76. The molecule has 0 bridgehead atoms. The molecule has 3 aromatic heterocycles. The van der Waals surface area contributed by atoms with E-state index in [-0.39, 0.29) is 19.2 Å². The van der Waals surface area contributed by atoms with E-state index in [2.05, 4.69) is 73.3 Å².